The van der Waals surface area contributed by atoms with Crippen LogP contribution in [0.2, 0.25) is 0 Å². The van der Waals surface area contributed by atoms with Crippen molar-refractivity contribution >= 4 is 11.8 Å². The second-order valence-electron chi connectivity index (χ2n) is 6.73. The van der Waals surface area contributed by atoms with Gasteiger partial charge in [-0.15, -0.1) is 0 Å². The lowest BCUT2D eigenvalue weighted by molar-refractivity contribution is 0.306. The zero-order valence-electron chi connectivity index (χ0n) is 14.8. The fraction of sp³-hybridized carbons (Fsp3) is 0.600. The number of hydrogen-bond donors (Lipinski definition) is 0. The van der Waals surface area contributed by atoms with E-state index >= 15 is 0 Å². The molecule has 0 N–H and O–H groups in total. The van der Waals surface area contributed by atoms with E-state index < -0.39 is 0 Å². The highest BCUT2D eigenvalue weighted by atomic mass is 16.5. The van der Waals surface area contributed by atoms with Crippen molar-refractivity contribution in [1.29, 1.82) is 0 Å². The SMILES string of the molecule is CCC[C@H]1COC(Cc2cccc(CC3=N[C@@H](CCC)CO3)c2)=N1. The molecule has 0 unspecified atom stereocenters. The van der Waals surface area contributed by atoms with Crippen LogP contribution in [0.25, 0.3) is 0 Å². The fourth-order valence-corrected chi connectivity index (χ4v) is 3.30. The summed E-state index contributed by atoms with van der Waals surface area (Å²) in [6.45, 7) is 5.87. The summed E-state index contributed by atoms with van der Waals surface area (Å²) in [7, 11) is 0. The largest absolute Gasteiger partial charge is 0.478 e. The highest BCUT2D eigenvalue weighted by molar-refractivity contribution is 5.81. The summed E-state index contributed by atoms with van der Waals surface area (Å²) < 4.78 is 11.5. The summed E-state index contributed by atoms with van der Waals surface area (Å²) in [5.74, 6) is 1.76. The maximum atomic E-state index is 5.74. The third-order valence-corrected chi connectivity index (χ3v) is 4.48. The Morgan fingerprint density at radius 3 is 1.83 bits per heavy atom. The Hall–Kier alpha value is -1.84. The lowest BCUT2D eigenvalue weighted by Crippen LogP contribution is -2.07. The van der Waals surface area contributed by atoms with E-state index in [0.717, 1.165) is 63.5 Å². The van der Waals surface area contributed by atoms with Crippen LogP contribution in [0.5, 0.6) is 0 Å². The predicted octanol–water partition coefficient (Wildman–Crippen LogP) is 3.97. The number of hydrogen-bond acceptors (Lipinski definition) is 4. The zero-order chi connectivity index (χ0) is 16.8. The summed E-state index contributed by atoms with van der Waals surface area (Å²) in [5.41, 5.74) is 2.49. The molecule has 0 saturated heterocycles. The smallest absolute Gasteiger partial charge is 0.188 e. The maximum Gasteiger partial charge on any atom is 0.188 e. The molecule has 2 atom stereocenters. The second-order valence-corrected chi connectivity index (χ2v) is 6.73. The Balaban J connectivity index is 1.59. The Morgan fingerprint density at radius 2 is 1.38 bits per heavy atom. The van der Waals surface area contributed by atoms with Crippen molar-refractivity contribution in [1.82, 2.24) is 0 Å². The molecule has 0 fully saturated rings. The van der Waals surface area contributed by atoms with Crippen LogP contribution in [0.1, 0.15) is 50.7 Å². The lowest BCUT2D eigenvalue weighted by atomic mass is 10.1. The van der Waals surface area contributed by atoms with Crippen molar-refractivity contribution in [3.05, 3.63) is 35.4 Å². The Labute approximate surface area is 145 Å². The van der Waals surface area contributed by atoms with Gasteiger partial charge in [0.2, 0.25) is 0 Å². The molecule has 2 heterocycles. The molecule has 2 aliphatic rings. The molecule has 1 aromatic carbocycles. The Morgan fingerprint density at radius 1 is 0.875 bits per heavy atom. The average Bonchev–Trinajstić information content (AvgIpc) is 3.18. The van der Waals surface area contributed by atoms with E-state index in [0.29, 0.717) is 12.1 Å². The number of benzene rings is 1. The van der Waals surface area contributed by atoms with Crippen LogP contribution in [0.3, 0.4) is 0 Å². The van der Waals surface area contributed by atoms with E-state index in [1.165, 1.54) is 11.1 Å². The highest BCUT2D eigenvalue weighted by Gasteiger charge is 2.19. The normalized spacial score (nSPS) is 22.8. The van der Waals surface area contributed by atoms with Gasteiger partial charge in [0, 0.05) is 12.8 Å². The quantitative estimate of drug-likeness (QED) is 0.725. The van der Waals surface area contributed by atoms with Crippen molar-refractivity contribution < 1.29 is 9.47 Å². The van der Waals surface area contributed by atoms with Gasteiger partial charge in [0.1, 0.15) is 13.2 Å². The predicted molar refractivity (Wildman–Crippen MR) is 98.0 cm³/mol. The number of aliphatic imine (C=N–C) groups is 2. The first-order valence-corrected chi connectivity index (χ1v) is 9.23. The van der Waals surface area contributed by atoms with E-state index in [1.54, 1.807) is 0 Å². The molecule has 4 nitrogen and oxygen atoms in total. The van der Waals surface area contributed by atoms with Gasteiger partial charge in [0.05, 0.1) is 12.1 Å². The molecular formula is C20H28N2O2. The molecule has 0 bridgehead atoms. The molecule has 0 saturated carbocycles. The van der Waals surface area contributed by atoms with Gasteiger partial charge in [0.15, 0.2) is 11.8 Å². The summed E-state index contributed by atoms with van der Waals surface area (Å²) >= 11 is 0. The number of ether oxygens (including phenoxy) is 2. The van der Waals surface area contributed by atoms with Gasteiger partial charge in [-0.05, 0) is 24.0 Å². The topological polar surface area (TPSA) is 43.2 Å². The molecule has 3 rings (SSSR count). The summed E-state index contributed by atoms with van der Waals surface area (Å²) in [6, 6.07) is 9.30. The van der Waals surface area contributed by atoms with Crippen LogP contribution in [-0.4, -0.2) is 37.1 Å². The first-order valence-electron chi connectivity index (χ1n) is 9.23. The van der Waals surface area contributed by atoms with Gasteiger partial charge >= 0.3 is 0 Å². The van der Waals surface area contributed by atoms with Gasteiger partial charge in [-0.2, -0.15) is 0 Å². The average molecular weight is 328 g/mol. The minimum absolute atomic E-state index is 0.352. The summed E-state index contributed by atoms with van der Waals surface area (Å²) in [4.78, 5) is 9.36. The van der Waals surface area contributed by atoms with Crippen LogP contribution in [0.15, 0.2) is 34.3 Å². The van der Waals surface area contributed by atoms with Crippen LogP contribution >= 0.6 is 0 Å². The van der Waals surface area contributed by atoms with Gasteiger partial charge < -0.3 is 9.47 Å². The van der Waals surface area contributed by atoms with Crippen molar-refractivity contribution in [2.24, 2.45) is 9.98 Å². The molecule has 0 aromatic heterocycles. The fourth-order valence-electron chi connectivity index (χ4n) is 3.30. The molecule has 130 valence electrons. The summed E-state index contributed by atoms with van der Waals surface area (Å²) in [6.07, 6.45) is 6.09. The van der Waals surface area contributed by atoms with Crippen molar-refractivity contribution in [3.63, 3.8) is 0 Å². The third-order valence-electron chi connectivity index (χ3n) is 4.48. The minimum Gasteiger partial charge on any atom is -0.478 e. The van der Waals surface area contributed by atoms with Crippen molar-refractivity contribution in [2.75, 3.05) is 13.2 Å². The Bertz CT molecular complexity index is 560. The first kappa shape index (κ1) is 17.0. The van der Waals surface area contributed by atoms with Crippen LogP contribution in [0, 0.1) is 0 Å². The van der Waals surface area contributed by atoms with E-state index in [4.69, 9.17) is 9.47 Å². The van der Waals surface area contributed by atoms with Crippen molar-refractivity contribution in [2.45, 2.75) is 64.5 Å². The number of rotatable bonds is 8. The van der Waals surface area contributed by atoms with Gasteiger partial charge in [-0.25, -0.2) is 9.98 Å². The van der Waals surface area contributed by atoms with Crippen LogP contribution in [0.4, 0.5) is 0 Å². The van der Waals surface area contributed by atoms with Crippen LogP contribution < -0.4 is 0 Å². The zero-order valence-corrected chi connectivity index (χ0v) is 14.8. The summed E-state index contributed by atoms with van der Waals surface area (Å²) in [5, 5.41) is 0. The highest BCUT2D eigenvalue weighted by Crippen LogP contribution is 2.17. The molecule has 1 aromatic rings. The molecule has 4 heteroatoms. The second kappa shape index (κ2) is 8.32. The van der Waals surface area contributed by atoms with E-state index in [-0.39, 0.29) is 0 Å². The molecular weight excluding hydrogens is 300 g/mol. The van der Waals surface area contributed by atoms with Gasteiger partial charge in [0.25, 0.3) is 0 Å². The van der Waals surface area contributed by atoms with Crippen LogP contribution in [-0.2, 0) is 22.3 Å². The monoisotopic (exact) mass is 328 g/mol. The maximum absolute atomic E-state index is 5.74. The molecule has 0 radical (unpaired) electrons. The van der Waals surface area contributed by atoms with Gasteiger partial charge in [-0.3, -0.25) is 0 Å². The van der Waals surface area contributed by atoms with E-state index in [1.807, 2.05) is 0 Å². The van der Waals surface area contributed by atoms with E-state index in [9.17, 15) is 0 Å². The molecule has 0 amide bonds. The van der Waals surface area contributed by atoms with Gasteiger partial charge in [-0.1, -0.05) is 51.0 Å². The van der Waals surface area contributed by atoms with Crippen molar-refractivity contribution in [3.8, 4) is 0 Å². The lowest BCUT2D eigenvalue weighted by Gasteiger charge is -2.06. The first-order chi connectivity index (χ1) is 11.8. The van der Waals surface area contributed by atoms with E-state index in [2.05, 4.69) is 48.1 Å². The molecule has 0 aliphatic carbocycles. The standard InChI is InChI=1S/C20H28N2O2/c1-3-6-17-13-23-19(21-17)11-15-8-5-9-16(10-15)12-20-22-18(7-4-2)14-24-20/h5,8-10,17-18H,3-4,6-7,11-14H2,1-2H3/t17-,18-/m0/s1. The Kier molecular flexibility index (Phi) is 5.89. The minimum atomic E-state index is 0.352. The molecule has 2 aliphatic heterocycles. The molecule has 24 heavy (non-hydrogen) atoms. The third kappa shape index (κ3) is 4.59. The molecule has 0 spiro atoms. The number of nitrogens with zero attached hydrogens (tertiary/aromatic N) is 2.